The molecule has 2 aromatic heterocycles. The van der Waals surface area contributed by atoms with E-state index in [0.29, 0.717) is 23.9 Å². The highest BCUT2D eigenvalue weighted by atomic mass is 19.3. The van der Waals surface area contributed by atoms with E-state index in [9.17, 15) is 8.78 Å². The van der Waals surface area contributed by atoms with Gasteiger partial charge in [-0.1, -0.05) is 18.2 Å². The van der Waals surface area contributed by atoms with Gasteiger partial charge in [0.05, 0.1) is 17.4 Å². The summed E-state index contributed by atoms with van der Waals surface area (Å²) >= 11 is 0. The summed E-state index contributed by atoms with van der Waals surface area (Å²) < 4.78 is 34.2. The first kappa shape index (κ1) is 15.0. The van der Waals surface area contributed by atoms with Crippen molar-refractivity contribution in [2.45, 2.75) is 32.6 Å². The number of benzene rings is 1. The monoisotopic (exact) mass is 330 g/mol. The lowest BCUT2D eigenvalue weighted by atomic mass is 10.2. The molecule has 0 N–H and O–H groups in total. The van der Waals surface area contributed by atoms with Crippen molar-refractivity contribution in [3.63, 3.8) is 0 Å². The standard InChI is InChI=1S/C17H16F2N4O/c1-10-4-2-3-5-13(10)23-15(16(18)19)12(9-20-23)17-22-21-14(24-17)8-11-6-7-11/h2-5,9,11,16H,6-8H2,1H3. The van der Waals surface area contributed by atoms with Crippen LogP contribution in [-0.2, 0) is 6.42 Å². The first-order valence-electron chi connectivity index (χ1n) is 7.88. The van der Waals surface area contributed by atoms with Gasteiger partial charge in [0.15, 0.2) is 0 Å². The first-order valence-corrected chi connectivity index (χ1v) is 7.88. The van der Waals surface area contributed by atoms with E-state index in [1.54, 1.807) is 12.1 Å². The van der Waals surface area contributed by atoms with Gasteiger partial charge >= 0.3 is 0 Å². The number of rotatable bonds is 5. The van der Waals surface area contributed by atoms with E-state index in [2.05, 4.69) is 15.3 Å². The van der Waals surface area contributed by atoms with Crippen molar-refractivity contribution >= 4 is 0 Å². The second kappa shape index (κ2) is 5.81. The van der Waals surface area contributed by atoms with Crippen molar-refractivity contribution < 1.29 is 13.2 Å². The normalized spacial score (nSPS) is 14.5. The van der Waals surface area contributed by atoms with Crippen molar-refractivity contribution in [2.75, 3.05) is 0 Å². The van der Waals surface area contributed by atoms with Crippen LogP contribution in [0.15, 0.2) is 34.9 Å². The molecule has 1 aliphatic carbocycles. The van der Waals surface area contributed by atoms with Crippen molar-refractivity contribution in [2.24, 2.45) is 5.92 Å². The third-order valence-corrected chi connectivity index (χ3v) is 4.21. The van der Waals surface area contributed by atoms with Gasteiger partial charge in [-0.25, -0.2) is 13.5 Å². The summed E-state index contributed by atoms with van der Waals surface area (Å²) in [7, 11) is 0. The minimum atomic E-state index is -2.71. The van der Waals surface area contributed by atoms with Crippen molar-refractivity contribution in [3.05, 3.63) is 47.6 Å². The minimum Gasteiger partial charge on any atom is -0.421 e. The van der Waals surface area contributed by atoms with Gasteiger partial charge < -0.3 is 4.42 Å². The topological polar surface area (TPSA) is 56.7 Å². The number of hydrogen-bond acceptors (Lipinski definition) is 4. The maximum Gasteiger partial charge on any atom is 0.281 e. The molecule has 7 heteroatoms. The van der Waals surface area contributed by atoms with Crippen LogP contribution in [0.2, 0.25) is 0 Å². The van der Waals surface area contributed by atoms with Gasteiger partial charge in [0, 0.05) is 6.42 Å². The predicted molar refractivity (Wildman–Crippen MR) is 83.0 cm³/mol. The summed E-state index contributed by atoms with van der Waals surface area (Å²) in [6.07, 6.45) is 1.68. The van der Waals surface area contributed by atoms with Gasteiger partial charge in [-0.3, -0.25) is 0 Å². The summed E-state index contributed by atoms with van der Waals surface area (Å²) in [4.78, 5) is 0. The molecule has 0 unspecified atom stereocenters. The number of alkyl halides is 2. The molecule has 124 valence electrons. The fourth-order valence-corrected chi connectivity index (χ4v) is 2.74. The molecule has 1 saturated carbocycles. The molecule has 1 aliphatic rings. The number of aryl methyl sites for hydroxylation is 1. The SMILES string of the molecule is Cc1ccccc1-n1ncc(-c2nnc(CC3CC3)o2)c1C(F)F. The van der Waals surface area contributed by atoms with Gasteiger partial charge in [0.1, 0.15) is 5.69 Å². The van der Waals surface area contributed by atoms with Crippen LogP contribution in [0.5, 0.6) is 0 Å². The Hall–Kier alpha value is -2.57. The van der Waals surface area contributed by atoms with Gasteiger partial charge in [-0.2, -0.15) is 5.10 Å². The molecule has 0 amide bonds. The molecule has 1 fully saturated rings. The molecule has 0 spiro atoms. The molecular weight excluding hydrogens is 314 g/mol. The largest absolute Gasteiger partial charge is 0.421 e. The van der Waals surface area contributed by atoms with Crippen molar-refractivity contribution in [1.29, 1.82) is 0 Å². The van der Waals surface area contributed by atoms with E-state index in [4.69, 9.17) is 4.42 Å². The summed E-state index contributed by atoms with van der Waals surface area (Å²) in [6.45, 7) is 1.85. The second-order valence-electron chi connectivity index (χ2n) is 6.09. The zero-order valence-corrected chi connectivity index (χ0v) is 13.1. The summed E-state index contributed by atoms with van der Waals surface area (Å²) in [5.74, 6) is 1.18. The van der Waals surface area contributed by atoms with E-state index < -0.39 is 6.43 Å². The highest BCUT2D eigenvalue weighted by Crippen LogP contribution is 2.35. The molecule has 0 aliphatic heterocycles. The predicted octanol–water partition coefficient (Wildman–Crippen LogP) is 4.12. The summed E-state index contributed by atoms with van der Waals surface area (Å²) in [5.41, 5.74) is 1.42. The highest BCUT2D eigenvalue weighted by Gasteiger charge is 2.28. The molecule has 0 radical (unpaired) electrons. The number of para-hydroxylation sites is 1. The molecular formula is C17H16F2N4O. The lowest BCUT2D eigenvalue weighted by molar-refractivity contribution is 0.143. The third-order valence-electron chi connectivity index (χ3n) is 4.21. The molecule has 24 heavy (non-hydrogen) atoms. The lowest BCUT2D eigenvalue weighted by Gasteiger charge is -2.10. The van der Waals surface area contributed by atoms with E-state index in [1.807, 2.05) is 19.1 Å². The molecule has 4 rings (SSSR count). The third kappa shape index (κ3) is 2.70. The first-order chi connectivity index (χ1) is 11.6. The van der Waals surface area contributed by atoms with Crippen molar-refractivity contribution in [3.8, 4) is 17.1 Å². The molecule has 5 nitrogen and oxygen atoms in total. The van der Waals surface area contributed by atoms with Crippen LogP contribution in [0.25, 0.3) is 17.1 Å². The van der Waals surface area contributed by atoms with E-state index in [-0.39, 0.29) is 17.1 Å². The Bertz CT molecular complexity index is 867. The van der Waals surface area contributed by atoms with E-state index >= 15 is 0 Å². The van der Waals surface area contributed by atoms with Crippen LogP contribution in [0.3, 0.4) is 0 Å². The molecule has 0 atom stereocenters. The minimum absolute atomic E-state index is 0.0979. The van der Waals surface area contributed by atoms with E-state index in [1.165, 1.54) is 10.9 Å². The average molecular weight is 330 g/mol. The summed E-state index contributed by atoms with van der Waals surface area (Å²) in [5, 5.41) is 12.0. The van der Waals surface area contributed by atoms with Crippen molar-refractivity contribution in [1.82, 2.24) is 20.0 Å². The Morgan fingerprint density at radius 2 is 2.04 bits per heavy atom. The average Bonchev–Trinajstić information content (AvgIpc) is 3.08. The zero-order chi connectivity index (χ0) is 16.7. The Labute approximate surface area is 137 Å². The number of nitrogens with zero attached hydrogens (tertiary/aromatic N) is 4. The van der Waals surface area contributed by atoms with Gasteiger partial charge in [0.25, 0.3) is 12.3 Å². The summed E-state index contributed by atoms with van der Waals surface area (Å²) in [6, 6.07) is 7.25. The Morgan fingerprint density at radius 1 is 1.25 bits per heavy atom. The fraction of sp³-hybridized carbons (Fsp3) is 0.353. The molecule has 0 bridgehead atoms. The van der Waals surface area contributed by atoms with Crippen LogP contribution in [0.1, 0.15) is 36.4 Å². The van der Waals surface area contributed by atoms with Crippen LogP contribution < -0.4 is 0 Å². The Morgan fingerprint density at radius 3 is 2.75 bits per heavy atom. The van der Waals surface area contributed by atoms with Crippen LogP contribution in [0, 0.1) is 12.8 Å². The lowest BCUT2D eigenvalue weighted by Crippen LogP contribution is -2.05. The van der Waals surface area contributed by atoms with Crippen LogP contribution in [-0.4, -0.2) is 20.0 Å². The van der Waals surface area contributed by atoms with Gasteiger partial charge in [0.2, 0.25) is 5.89 Å². The number of halogens is 2. The molecule has 1 aromatic carbocycles. The fourth-order valence-electron chi connectivity index (χ4n) is 2.74. The maximum absolute atomic E-state index is 13.7. The second-order valence-corrected chi connectivity index (χ2v) is 6.09. The molecule has 3 aromatic rings. The zero-order valence-electron chi connectivity index (χ0n) is 13.1. The quantitative estimate of drug-likeness (QED) is 0.706. The molecule has 0 saturated heterocycles. The van der Waals surface area contributed by atoms with Crippen LogP contribution >= 0.6 is 0 Å². The van der Waals surface area contributed by atoms with Crippen LogP contribution in [0.4, 0.5) is 8.78 Å². The maximum atomic E-state index is 13.7. The Kier molecular flexibility index (Phi) is 3.63. The van der Waals surface area contributed by atoms with Gasteiger partial charge in [-0.05, 0) is 37.3 Å². The Balaban J connectivity index is 1.76. The van der Waals surface area contributed by atoms with Gasteiger partial charge in [-0.15, -0.1) is 10.2 Å². The van der Waals surface area contributed by atoms with E-state index in [0.717, 1.165) is 18.4 Å². The number of aromatic nitrogens is 4. The highest BCUT2D eigenvalue weighted by molar-refractivity contribution is 5.58. The number of hydrogen-bond donors (Lipinski definition) is 0. The smallest absolute Gasteiger partial charge is 0.281 e. The molecule has 2 heterocycles.